The Labute approximate surface area is 92.6 Å². The predicted octanol–water partition coefficient (Wildman–Crippen LogP) is 0.217. The van der Waals surface area contributed by atoms with E-state index in [1.54, 1.807) is 0 Å². The average Bonchev–Trinajstić information content (AvgIpc) is 2.70. The molecule has 0 spiro atoms. The average molecular weight is 209 g/mol. The van der Waals surface area contributed by atoms with Gasteiger partial charge in [-0.3, -0.25) is 4.90 Å². The maximum absolute atomic E-state index is 5.74. The molecule has 3 atom stereocenters. The molecule has 2 heterocycles. The first-order valence-corrected chi connectivity index (χ1v) is 6.42. The van der Waals surface area contributed by atoms with E-state index in [0.717, 1.165) is 30.3 Å². The third-order valence-electron chi connectivity index (χ3n) is 4.79. The lowest BCUT2D eigenvalue weighted by Gasteiger charge is -2.36. The molecule has 3 heteroatoms. The van der Waals surface area contributed by atoms with E-state index in [1.165, 1.54) is 39.0 Å². The highest BCUT2D eigenvalue weighted by Gasteiger charge is 2.55. The summed E-state index contributed by atoms with van der Waals surface area (Å²) in [4.78, 5) is 5.22. The normalized spacial score (nSPS) is 46.8. The molecule has 0 aromatic heterocycles. The predicted molar refractivity (Wildman–Crippen MR) is 61.6 cm³/mol. The molecule has 3 fully saturated rings. The minimum atomic E-state index is 0.843. The minimum absolute atomic E-state index is 0.843. The highest BCUT2D eigenvalue weighted by molar-refractivity contribution is 5.06. The van der Waals surface area contributed by atoms with Gasteiger partial charge in [0.25, 0.3) is 0 Å². The van der Waals surface area contributed by atoms with Crippen molar-refractivity contribution in [3.63, 3.8) is 0 Å². The first-order valence-electron chi connectivity index (χ1n) is 6.42. The number of nitrogens with two attached hydrogens (primary N) is 1. The zero-order valence-electron chi connectivity index (χ0n) is 9.73. The molecule has 2 N–H and O–H groups in total. The summed E-state index contributed by atoms with van der Waals surface area (Å²) in [5.41, 5.74) is 5.74. The summed E-state index contributed by atoms with van der Waals surface area (Å²) in [6, 6.07) is 0.843. The first kappa shape index (κ1) is 10.1. The fraction of sp³-hybridized carbons (Fsp3) is 1.00. The van der Waals surface area contributed by atoms with Crippen molar-refractivity contribution in [3.05, 3.63) is 0 Å². The number of likely N-dealkylation sites (tertiary alicyclic amines) is 2. The Hall–Kier alpha value is -0.120. The van der Waals surface area contributed by atoms with E-state index >= 15 is 0 Å². The summed E-state index contributed by atoms with van der Waals surface area (Å²) in [5.74, 6) is 2.80. The second kappa shape index (κ2) is 3.72. The molecule has 15 heavy (non-hydrogen) atoms. The van der Waals surface area contributed by atoms with Crippen molar-refractivity contribution in [1.82, 2.24) is 9.80 Å². The third-order valence-corrected chi connectivity index (χ3v) is 4.79. The van der Waals surface area contributed by atoms with Crippen LogP contribution in [0.4, 0.5) is 0 Å². The van der Waals surface area contributed by atoms with Crippen LogP contribution < -0.4 is 5.73 Å². The van der Waals surface area contributed by atoms with E-state index in [1.807, 2.05) is 0 Å². The molecule has 1 saturated carbocycles. The maximum atomic E-state index is 5.74. The van der Waals surface area contributed by atoms with Gasteiger partial charge in [0.1, 0.15) is 0 Å². The van der Waals surface area contributed by atoms with Gasteiger partial charge in [-0.25, -0.2) is 0 Å². The second-order valence-electron chi connectivity index (χ2n) is 5.74. The highest BCUT2D eigenvalue weighted by atomic mass is 15.3. The number of fused-ring (bicyclic) bond motifs is 1. The lowest BCUT2D eigenvalue weighted by atomic mass is 10.0. The zero-order chi connectivity index (χ0) is 10.4. The van der Waals surface area contributed by atoms with Gasteiger partial charge in [-0.05, 0) is 50.7 Å². The maximum Gasteiger partial charge on any atom is 0.0223 e. The van der Waals surface area contributed by atoms with Gasteiger partial charge in [-0.2, -0.15) is 0 Å². The zero-order valence-corrected chi connectivity index (χ0v) is 9.73. The summed E-state index contributed by atoms with van der Waals surface area (Å²) in [6.45, 7) is 6.18. The van der Waals surface area contributed by atoms with Crippen LogP contribution >= 0.6 is 0 Å². The lowest BCUT2D eigenvalue weighted by Crippen LogP contribution is -2.46. The van der Waals surface area contributed by atoms with Crippen molar-refractivity contribution >= 4 is 0 Å². The Morgan fingerprint density at radius 2 is 1.93 bits per heavy atom. The number of rotatable bonds is 2. The summed E-state index contributed by atoms with van der Waals surface area (Å²) in [7, 11) is 2.26. The lowest BCUT2D eigenvalue weighted by molar-refractivity contribution is 0.119. The standard InChI is InChI=1S/C12H23N3/c1-14-4-2-3-9(6-14)15-7-11-10(5-13)12(11)8-15/h9-12H,2-8,13H2,1H3. The number of nitrogens with zero attached hydrogens (tertiary/aromatic N) is 2. The van der Waals surface area contributed by atoms with E-state index in [2.05, 4.69) is 16.8 Å². The van der Waals surface area contributed by atoms with Crippen LogP contribution in [0, 0.1) is 17.8 Å². The SMILES string of the molecule is CN1CCCC(N2CC3C(CN)C3C2)C1. The summed E-state index contributed by atoms with van der Waals surface area (Å²) in [6.07, 6.45) is 2.80. The molecule has 2 saturated heterocycles. The van der Waals surface area contributed by atoms with Gasteiger partial charge >= 0.3 is 0 Å². The molecule has 0 aromatic rings. The molecule has 0 bridgehead atoms. The molecule has 3 unspecified atom stereocenters. The molecule has 3 rings (SSSR count). The van der Waals surface area contributed by atoms with Crippen LogP contribution in [0.3, 0.4) is 0 Å². The molecule has 3 nitrogen and oxygen atoms in total. The van der Waals surface area contributed by atoms with Gasteiger partial charge in [0.05, 0.1) is 0 Å². The van der Waals surface area contributed by atoms with Gasteiger partial charge in [0.2, 0.25) is 0 Å². The van der Waals surface area contributed by atoms with Gasteiger partial charge in [-0.15, -0.1) is 0 Å². The Morgan fingerprint density at radius 1 is 1.20 bits per heavy atom. The van der Waals surface area contributed by atoms with Crippen LogP contribution in [0.25, 0.3) is 0 Å². The largest absolute Gasteiger partial charge is 0.330 e. The number of piperidine rings is 2. The molecule has 0 radical (unpaired) electrons. The topological polar surface area (TPSA) is 32.5 Å². The van der Waals surface area contributed by atoms with E-state index in [-0.39, 0.29) is 0 Å². The van der Waals surface area contributed by atoms with Crippen molar-refractivity contribution < 1.29 is 0 Å². The highest BCUT2D eigenvalue weighted by Crippen LogP contribution is 2.51. The van der Waals surface area contributed by atoms with Crippen molar-refractivity contribution in [2.24, 2.45) is 23.5 Å². The Bertz CT molecular complexity index is 231. The van der Waals surface area contributed by atoms with Crippen molar-refractivity contribution in [2.75, 3.05) is 39.8 Å². The minimum Gasteiger partial charge on any atom is -0.330 e. The van der Waals surface area contributed by atoms with E-state index in [0.29, 0.717) is 0 Å². The van der Waals surface area contributed by atoms with Crippen LogP contribution in [-0.2, 0) is 0 Å². The summed E-state index contributed by atoms with van der Waals surface area (Å²) in [5, 5.41) is 0. The summed E-state index contributed by atoms with van der Waals surface area (Å²) >= 11 is 0. The van der Waals surface area contributed by atoms with Crippen molar-refractivity contribution in [3.8, 4) is 0 Å². The van der Waals surface area contributed by atoms with Gasteiger partial charge in [0, 0.05) is 25.7 Å². The number of hydrogen-bond donors (Lipinski definition) is 1. The molecule has 86 valence electrons. The van der Waals surface area contributed by atoms with Gasteiger partial charge in [-0.1, -0.05) is 0 Å². The third kappa shape index (κ3) is 1.71. The van der Waals surface area contributed by atoms with Gasteiger partial charge in [0.15, 0.2) is 0 Å². The monoisotopic (exact) mass is 209 g/mol. The molecule has 0 aromatic carbocycles. The van der Waals surface area contributed by atoms with Crippen LogP contribution in [0.2, 0.25) is 0 Å². The number of likely N-dealkylation sites (N-methyl/N-ethyl adjacent to an activating group) is 1. The van der Waals surface area contributed by atoms with Crippen LogP contribution in [0.1, 0.15) is 12.8 Å². The van der Waals surface area contributed by atoms with Crippen LogP contribution in [0.5, 0.6) is 0 Å². The van der Waals surface area contributed by atoms with Crippen LogP contribution in [-0.4, -0.2) is 55.6 Å². The Kier molecular flexibility index (Phi) is 2.49. The van der Waals surface area contributed by atoms with E-state index in [9.17, 15) is 0 Å². The molecule has 0 amide bonds. The first-order chi connectivity index (χ1) is 7.29. The Balaban J connectivity index is 1.53. The molecule has 3 aliphatic rings. The smallest absolute Gasteiger partial charge is 0.0223 e. The van der Waals surface area contributed by atoms with Gasteiger partial charge < -0.3 is 10.6 Å². The Morgan fingerprint density at radius 3 is 2.53 bits per heavy atom. The molecule has 2 aliphatic heterocycles. The quantitative estimate of drug-likeness (QED) is 0.706. The second-order valence-corrected chi connectivity index (χ2v) is 5.74. The van der Waals surface area contributed by atoms with E-state index < -0.39 is 0 Å². The molecule has 1 aliphatic carbocycles. The number of hydrogen-bond acceptors (Lipinski definition) is 3. The fourth-order valence-electron chi connectivity index (χ4n) is 3.77. The van der Waals surface area contributed by atoms with Crippen molar-refractivity contribution in [2.45, 2.75) is 18.9 Å². The fourth-order valence-corrected chi connectivity index (χ4v) is 3.77. The molecular formula is C12H23N3. The van der Waals surface area contributed by atoms with Crippen molar-refractivity contribution in [1.29, 1.82) is 0 Å². The molecular weight excluding hydrogens is 186 g/mol. The van der Waals surface area contributed by atoms with Crippen LogP contribution in [0.15, 0.2) is 0 Å². The summed E-state index contributed by atoms with van der Waals surface area (Å²) < 4.78 is 0. The van der Waals surface area contributed by atoms with E-state index in [4.69, 9.17) is 5.73 Å².